The quantitative estimate of drug-likeness (QED) is 0.236. The molecular formula is C15H16N2O2. The maximum Gasteiger partial charge on any atom is 0.323 e. The lowest BCUT2D eigenvalue weighted by Crippen LogP contribution is -2.20. The van der Waals surface area contributed by atoms with Crippen LogP contribution in [0.3, 0.4) is 0 Å². The van der Waals surface area contributed by atoms with Gasteiger partial charge >= 0.3 is 6.21 Å². The summed E-state index contributed by atoms with van der Waals surface area (Å²) in [5, 5.41) is 0. The highest BCUT2D eigenvalue weighted by Crippen LogP contribution is 2.16. The second-order valence-corrected chi connectivity index (χ2v) is 4.20. The van der Waals surface area contributed by atoms with Crippen LogP contribution in [0.4, 0.5) is 0 Å². The molecule has 0 saturated carbocycles. The van der Waals surface area contributed by atoms with E-state index in [2.05, 4.69) is 11.4 Å². The number of carbonyl (C=O) groups excluding carboxylic acids is 2. The van der Waals surface area contributed by atoms with Gasteiger partial charge in [-0.1, -0.05) is 36.4 Å². The van der Waals surface area contributed by atoms with Crippen LogP contribution in [0.25, 0.3) is 5.53 Å². The molecule has 0 spiro atoms. The predicted octanol–water partition coefficient (Wildman–Crippen LogP) is 2.71. The van der Waals surface area contributed by atoms with Crippen LogP contribution in [0.1, 0.15) is 29.6 Å². The van der Waals surface area contributed by atoms with Gasteiger partial charge in [-0.25, -0.2) is 0 Å². The zero-order valence-corrected chi connectivity index (χ0v) is 10.7. The van der Waals surface area contributed by atoms with Crippen LogP contribution >= 0.6 is 0 Å². The highest BCUT2D eigenvalue weighted by molar-refractivity contribution is 6.26. The molecule has 0 fully saturated rings. The van der Waals surface area contributed by atoms with Crippen LogP contribution in [-0.4, -0.2) is 22.6 Å². The summed E-state index contributed by atoms with van der Waals surface area (Å²) in [6.07, 6.45) is 3.82. The van der Waals surface area contributed by atoms with E-state index in [0.717, 1.165) is 6.21 Å². The van der Waals surface area contributed by atoms with Gasteiger partial charge in [0, 0.05) is 17.9 Å². The van der Waals surface area contributed by atoms with Crippen LogP contribution in [0, 0.1) is 5.92 Å². The monoisotopic (exact) mass is 256 g/mol. The van der Waals surface area contributed by atoms with Crippen LogP contribution in [0.2, 0.25) is 0 Å². The Morgan fingerprint density at radius 2 is 2.00 bits per heavy atom. The molecule has 98 valence electrons. The summed E-state index contributed by atoms with van der Waals surface area (Å²) in [6, 6.07) is 8.83. The maximum atomic E-state index is 12.0. The van der Waals surface area contributed by atoms with Crippen LogP contribution in [0.5, 0.6) is 0 Å². The van der Waals surface area contributed by atoms with Crippen molar-refractivity contribution in [1.29, 1.82) is 0 Å². The number of hydrogen-bond donors (Lipinski definition) is 0. The summed E-state index contributed by atoms with van der Waals surface area (Å²) >= 11 is 0. The highest BCUT2D eigenvalue weighted by Gasteiger charge is 2.23. The molecule has 1 aromatic carbocycles. The summed E-state index contributed by atoms with van der Waals surface area (Å²) in [4.78, 5) is 26.5. The lowest BCUT2D eigenvalue weighted by molar-refractivity contribution is -0.119. The minimum atomic E-state index is -0.471. The third-order valence-electron chi connectivity index (χ3n) is 2.83. The van der Waals surface area contributed by atoms with Crippen LogP contribution in [0.15, 0.2) is 43.0 Å². The number of hydrogen-bond acceptors (Lipinski definition) is 2. The number of nitrogens with zero attached hydrogens (tertiary/aromatic N) is 2. The van der Waals surface area contributed by atoms with Crippen molar-refractivity contribution in [2.24, 2.45) is 5.92 Å². The molecule has 0 bridgehead atoms. The summed E-state index contributed by atoms with van der Waals surface area (Å²) in [7, 11) is 0. The molecule has 1 atom stereocenters. The summed E-state index contributed by atoms with van der Waals surface area (Å²) in [5.74, 6) is -0.899. The molecule has 0 aliphatic heterocycles. The second-order valence-electron chi connectivity index (χ2n) is 4.20. The smallest absolute Gasteiger partial charge is 0.323 e. The van der Waals surface area contributed by atoms with Gasteiger partial charge in [-0.3, -0.25) is 9.59 Å². The fourth-order valence-electron chi connectivity index (χ4n) is 1.79. The normalized spacial score (nSPS) is 11.2. The standard InChI is InChI=1S/C15H16N2O2/c1-2-3-7-13(15(19)11-17-16)10-14(18)12-8-5-4-6-9-12/h2,4-6,8-9,11,13H,1,3,7,10H2. The molecule has 0 aliphatic carbocycles. The third kappa shape index (κ3) is 4.82. The van der Waals surface area contributed by atoms with E-state index >= 15 is 0 Å². The minimum Gasteiger partial charge on any atom is -0.361 e. The van der Waals surface area contributed by atoms with Crippen molar-refractivity contribution in [3.63, 3.8) is 0 Å². The number of rotatable bonds is 8. The summed E-state index contributed by atoms with van der Waals surface area (Å²) in [5.41, 5.74) is 8.99. The minimum absolute atomic E-state index is 0.0886. The van der Waals surface area contributed by atoms with Gasteiger partial charge in [-0.15, -0.1) is 6.58 Å². The van der Waals surface area contributed by atoms with Gasteiger partial charge in [0.05, 0.1) is 0 Å². The predicted molar refractivity (Wildman–Crippen MR) is 73.0 cm³/mol. The van der Waals surface area contributed by atoms with Crippen molar-refractivity contribution in [3.05, 3.63) is 54.1 Å². The van der Waals surface area contributed by atoms with Gasteiger partial charge in [0.1, 0.15) is 0 Å². The van der Waals surface area contributed by atoms with Crippen molar-refractivity contribution in [2.45, 2.75) is 19.3 Å². The van der Waals surface area contributed by atoms with Gasteiger partial charge in [-0.05, 0) is 12.8 Å². The zero-order valence-electron chi connectivity index (χ0n) is 10.7. The number of allylic oxidation sites excluding steroid dienone is 1. The van der Waals surface area contributed by atoms with Gasteiger partial charge in [-0.2, -0.15) is 4.79 Å². The molecule has 4 heteroatoms. The first-order valence-corrected chi connectivity index (χ1v) is 6.09. The Bertz CT molecular complexity index is 502. The van der Waals surface area contributed by atoms with Gasteiger partial charge in [0.2, 0.25) is 5.78 Å². The molecule has 1 rings (SSSR count). The van der Waals surface area contributed by atoms with E-state index in [1.54, 1.807) is 30.3 Å². The van der Waals surface area contributed by atoms with Crippen LogP contribution in [-0.2, 0) is 4.79 Å². The SMILES string of the molecule is C=CCCC(CC(=O)c1ccccc1)C(=O)C=[N+]=[N-]. The number of ketones is 2. The van der Waals surface area contributed by atoms with E-state index < -0.39 is 5.92 Å². The first kappa shape index (κ1) is 14.7. The molecule has 0 aromatic heterocycles. The molecule has 0 aliphatic rings. The Labute approximate surface area is 112 Å². The van der Waals surface area contributed by atoms with Crippen LogP contribution < -0.4 is 0 Å². The van der Waals surface area contributed by atoms with Gasteiger partial charge in [0.15, 0.2) is 5.78 Å². The van der Waals surface area contributed by atoms with Crippen molar-refractivity contribution < 1.29 is 14.4 Å². The molecule has 0 N–H and O–H groups in total. The molecular weight excluding hydrogens is 240 g/mol. The number of Topliss-reactive ketones (excluding diaryl/α,β-unsaturated/α-hetero) is 2. The first-order valence-electron chi connectivity index (χ1n) is 6.09. The maximum absolute atomic E-state index is 12.0. The molecule has 19 heavy (non-hydrogen) atoms. The molecule has 0 saturated heterocycles. The van der Waals surface area contributed by atoms with E-state index in [0.29, 0.717) is 18.4 Å². The molecule has 1 aromatic rings. The van der Waals surface area contributed by atoms with Crippen molar-refractivity contribution >= 4 is 17.8 Å². The van der Waals surface area contributed by atoms with E-state index in [1.807, 2.05) is 6.07 Å². The summed E-state index contributed by atoms with van der Waals surface area (Å²) in [6.45, 7) is 3.60. The Balaban J connectivity index is 2.76. The first-order chi connectivity index (χ1) is 9.19. The lowest BCUT2D eigenvalue weighted by Gasteiger charge is -2.10. The van der Waals surface area contributed by atoms with E-state index in [4.69, 9.17) is 5.53 Å². The van der Waals surface area contributed by atoms with E-state index in [-0.39, 0.29) is 18.0 Å². The Morgan fingerprint density at radius 1 is 1.32 bits per heavy atom. The molecule has 0 amide bonds. The number of benzene rings is 1. The van der Waals surface area contributed by atoms with Gasteiger partial charge < -0.3 is 5.53 Å². The van der Waals surface area contributed by atoms with Crippen molar-refractivity contribution in [3.8, 4) is 0 Å². The third-order valence-corrected chi connectivity index (χ3v) is 2.83. The molecule has 0 radical (unpaired) electrons. The molecule has 4 nitrogen and oxygen atoms in total. The molecule has 1 unspecified atom stereocenters. The Hall–Kier alpha value is -2.32. The zero-order chi connectivity index (χ0) is 14.1. The van der Waals surface area contributed by atoms with Gasteiger partial charge in [0.25, 0.3) is 0 Å². The average molecular weight is 256 g/mol. The topological polar surface area (TPSA) is 70.5 Å². The van der Waals surface area contributed by atoms with Crippen molar-refractivity contribution in [2.75, 3.05) is 0 Å². The average Bonchev–Trinajstić information content (AvgIpc) is 2.44. The largest absolute Gasteiger partial charge is 0.361 e. The highest BCUT2D eigenvalue weighted by atomic mass is 16.1. The lowest BCUT2D eigenvalue weighted by atomic mass is 9.91. The van der Waals surface area contributed by atoms with Crippen molar-refractivity contribution in [1.82, 2.24) is 0 Å². The Morgan fingerprint density at radius 3 is 2.58 bits per heavy atom. The fraction of sp³-hybridized carbons (Fsp3) is 0.267. The number of carbonyl (C=O) groups is 2. The second kappa shape index (κ2) is 7.90. The Kier molecular flexibility index (Phi) is 6.13. The van der Waals surface area contributed by atoms with E-state index in [1.165, 1.54) is 0 Å². The summed E-state index contributed by atoms with van der Waals surface area (Å²) < 4.78 is 0. The van der Waals surface area contributed by atoms with E-state index in [9.17, 15) is 9.59 Å². The molecule has 0 heterocycles. The fourth-order valence-corrected chi connectivity index (χ4v) is 1.79.